The quantitative estimate of drug-likeness (QED) is 0.568. The van der Waals surface area contributed by atoms with Crippen molar-refractivity contribution in [2.45, 2.75) is 0 Å². The topological polar surface area (TPSA) is 26.3 Å². The second-order valence-corrected chi connectivity index (χ2v) is 2.35. The van der Waals surface area contributed by atoms with Gasteiger partial charge in [0.15, 0.2) is 11.4 Å². The van der Waals surface area contributed by atoms with E-state index in [2.05, 4.69) is 12.2 Å². The highest BCUT2D eigenvalue weighted by Crippen LogP contribution is 2.19. The minimum atomic E-state index is -0.456. The Morgan fingerprint density at radius 3 is 2.82 bits per heavy atom. The lowest BCUT2D eigenvalue weighted by atomic mass is 10.3. The van der Waals surface area contributed by atoms with Crippen molar-refractivity contribution in [3.63, 3.8) is 0 Å². The van der Waals surface area contributed by atoms with Crippen molar-refractivity contribution in [1.29, 1.82) is 0 Å². The summed E-state index contributed by atoms with van der Waals surface area (Å²) in [6.07, 6.45) is 0. The molecule has 0 radical (unpaired) electrons. The summed E-state index contributed by atoms with van der Waals surface area (Å²) < 4.78 is 22.4. The van der Waals surface area contributed by atoms with Gasteiger partial charge >= 0.3 is 4.90 Å². The summed E-state index contributed by atoms with van der Waals surface area (Å²) in [4.78, 5) is -0.0508. The molecule has 2 rings (SSSR count). The summed E-state index contributed by atoms with van der Waals surface area (Å²) in [7, 11) is 0. The van der Waals surface area contributed by atoms with Gasteiger partial charge in [-0.1, -0.05) is 6.07 Å². The summed E-state index contributed by atoms with van der Waals surface area (Å²) in [5, 5.41) is 0. The van der Waals surface area contributed by atoms with Crippen molar-refractivity contribution in [2.24, 2.45) is 0 Å². The molecule has 0 aliphatic carbocycles. The Morgan fingerprint density at radius 2 is 2.09 bits per heavy atom. The second kappa shape index (κ2) is 2.17. The van der Waals surface area contributed by atoms with Crippen LogP contribution in [0.2, 0.25) is 0 Å². The van der Waals surface area contributed by atoms with E-state index in [1.54, 1.807) is 6.07 Å². The Morgan fingerprint density at radius 1 is 1.27 bits per heavy atom. The molecule has 0 saturated heterocycles. The van der Waals surface area contributed by atoms with E-state index in [-0.39, 0.29) is 10.5 Å². The molecule has 2 aromatic rings. The van der Waals surface area contributed by atoms with Crippen LogP contribution in [0.5, 0.6) is 0 Å². The lowest BCUT2D eigenvalue weighted by molar-refractivity contribution is 0.438. The molecular weight excluding hydrogens is 167 g/mol. The molecule has 0 amide bonds. The summed E-state index contributed by atoms with van der Waals surface area (Å²) in [5.41, 5.74) is 0.424. The first-order chi connectivity index (χ1) is 5.27. The average Bonchev–Trinajstić information content (AvgIpc) is 2.31. The minimum absolute atomic E-state index is 0.0508. The number of fused-ring (bicyclic) bond motifs is 1. The summed E-state index contributed by atoms with van der Waals surface area (Å²) in [5.74, 6) is -0.456. The van der Waals surface area contributed by atoms with Crippen LogP contribution in [0.25, 0.3) is 11.2 Å². The van der Waals surface area contributed by atoms with Gasteiger partial charge < -0.3 is 8.83 Å². The third-order valence-corrected chi connectivity index (χ3v) is 1.48. The Hall–Kier alpha value is -1.16. The van der Waals surface area contributed by atoms with Crippen LogP contribution < -0.4 is 0 Å². The largest absolute Gasteiger partial charge is 0.413 e. The first-order valence-electron chi connectivity index (χ1n) is 2.95. The molecule has 0 aliphatic heterocycles. The standard InChI is InChI=1S/C7H3FO2S/c8-4-2-1-3-5-6(4)10-7(11)9-5/h1-3H. The average molecular weight is 170 g/mol. The third-order valence-electron chi connectivity index (χ3n) is 1.31. The van der Waals surface area contributed by atoms with E-state index in [9.17, 15) is 4.39 Å². The van der Waals surface area contributed by atoms with Gasteiger partial charge in [0.25, 0.3) is 0 Å². The third kappa shape index (κ3) is 0.952. The summed E-state index contributed by atoms with van der Waals surface area (Å²) in [6, 6.07) is 4.42. The highest BCUT2D eigenvalue weighted by Gasteiger charge is 2.05. The Bertz CT molecular complexity index is 443. The zero-order valence-electron chi connectivity index (χ0n) is 5.33. The summed E-state index contributed by atoms with van der Waals surface area (Å²) >= 11 is 4.57. The van der Waals surface area contributed by atoms with E-state index >= 15 is 0 Å². The maximum Gasteiger partial charge on any atom is 0.363 e. The van der Waals surface area contributed by atoms with Crippen molar-refractivity contribution < 1.29 is 13.2 Å². The van der Waals surface area contributed by atoms with Gasteiger partial charge in [0, 0.05) is 12.2 Å². The van der Waals surface area contributed by atoms with E-state index < -0.39 is 5.82 Å². The van der Waals surface area contributed by atoms with Crippen molar-refractivity contribution >= 4 is 23.4 Å². The van der Waals surface area contributed by atoms with E-state index in [1.807, 2.05) is 0 Å². The fourth-order valence-electron chi connectivity index (χ4n) is 0.862. The maximum atomic E-state index is 12.8. The monoisotopic (exact) mass is 170 g/mol. The minimum Gasteiger partial charge on any atom is -0.413 e. The highest BCUT2D eigenvalue weighted by molar-refractivity contribution is 7.71. The van der Waals surface area contributed by atoms with Crippen LogP contribution >= 0.6 is 12.2 Å². The van der Waals surface area contributed by atoms with Crippen molar-refractivity contribution in [3.05, 3.63) is 28.9 Å². The number of rotatable bonds is 0. The second-order valence-electron chi connectivity index (χ2n) is 2.02. The Kier molecular flexibility index (Phi) is 1.29. The van der Waals surface area contributed by atoms with Crippen LogP contribution in [0, 0.1) is 10.7 Å². The molecule has 0 fully saturated rings. The van der Waals surface area contributed by atoms with Gasteiger partial charge in [0.1, 0.15) is 0 Å². The molecule has 56 valence electrons. The first kappa shape index (κ1) is 6.54. The van der Waals surface area contributed by atoms with E-state index in [4.69, 9.17) is 8.83 Å². The lowest BCUT2D eigenvalue weighted by Crippen LogP contribution is -1.70. The fraction of sp³-hybridized carbons (Fsp3) is 0. The van der Waals surface area contributed by atoms with Crippen molar-refractivity contribution in [3.8, 4) is 0 Å². The van der Waals surface area contributed by atoms with Crippen LogP contribution in [0.3, 0.4) is 0 Å². The first-order valence-corrected chi connectivity index (χ1v) is 3.36. The van der Waals surface area contributed by atoms with Crippen LogP contribution in [-0.2, 0) is 0 Å². The molecule has 0 unspecified atom stereocenters. The van der Waals surface area contributed by atoms with E-state index in [0.717, 1.165) is 0 Å². The van der Waals surface area contributed by atoms with Gasteiger partial charge in [-0.15, -0.1) is 0 Å². The van der Waals surface area contributed by atoms with Gasteiger partial charge in [-0.3, -0.25) is 0 Å². The molecule has 0 atom stereocenters. The van der Waals surface area contributed by atoms with Crippen LogP contribution in [-0.4, -0.2) is 0 Å². The molecule has 0 bridgehead atoms. The normalized spacial score (nSPS) is 10.6. The Labute approximate surface area is 66.2 Å². The molecule has 4 heteroatoms. The highest BCUT2D eigenvalue weighted by atomic mass is 32.1. The molecule has 0 aliphatic rings. The Balaban J connectivity index is 3.01. The number of benzene rings is 1. The maximum absolute atomic E-state index is 12.8. The lowest BCUT2D eigenvalue weighted by Gasteiger charge is -1.84. The van der Waals surface area contributed by atoms with Gasteiger partial charge in [0.2, 0.25) is 5.58 Å². The zero-order valence-corrected chi connectivity index (χ0v) is 6.15. The summed E-state index contributed by atoms with van der Waals surface area (Å²) in [6.45, 7) is 0. The van der Waals surface area contributed by atoms with Gasteiger partial charge in [-0.2, -0.15) is 0 Å². The van der Waals surface area contributed by atoms with Crippen LogP contribution in [0.1, 0.15) is 0 Å². The molecule has 2 nitrogen and oxygen atoms in total. The van der Waals surface area contributed by atoms with E-state index in [1.165, 1.54) is 12.1 Å². The molecule has 0 saturated carbocycles. The number of halogens is 1. The van der Waals surface area contributed by atoms with Gasteiger partial charge in [-0.05, 0) is 12.1 Å². The van der Waals surface area contributed by atoms with Gasteiger partial charge in [0.05, 0.1) is 0 Å². The smallest absolute Gasteiger partial charge is 0.363 e. The molecule has 0 spiro atoms. The molecule has 1 aromatic carbocycles. The molecule has 1 aromatic heterocycles. The molecular formula is C7H3FO2S. The number of hydrogen-bond donors (Lipinski definition) is 0. The van der Waals surface area contributed by atoms with Crippen molar-refractivity contribution in [1.82, 2.24) is 0 Å². The predicted octanol–water partition coefficient (Wildman–Crippen LogP) is 2.89. The number of hydrogen-bond acceptors (Lipinski definition) is 3. The van der Waals surface area contributed by atoms with Gasteiger partial charge in [-0.25, -0.2) is 4.39 Å². The molecule has 11 heavy (non-hydrogen) atoms. The zero-order chi connectivity index (χ0) is 7.84. The van der Waals surface area contributed by atoms with Crippen LogP contribution in [0.4, 0.5) is 4.39 Å². The molecule has 0 N–H and O–H groups in total. The van der Waals surface area contributed by atoms with Crippen LogP contribution in [0.15, 0.2) is 27.0 Å². The predicted molar refractivity (Wildman–Crippen MR) is 39.3 cm³/mol. The van der Waals surface area contributed by atoms with Crippen molar-refractivity contribution in [2.75, 3.05) is 0 Å². The molecule has 1 heterocycles. The fourth-order valence-corrected chi connectivity index (χ4v) is 1.04. The SMILES string of the molecule is Fc1cccc2oc(=S)oc12. The number of para-hydroxylation sites is 1. The van der Waals surface area contributed by atoms with E-state index in [0.29, 0.717) is 5.58 Å².